The van der Waals surface area contributed by atoms with E-state index < -0.39 is 15.1 Å². The molecule has 0 radical (unpaired) electrons. The zero-order valence-corrected chi connectivity index (χ0v) is 27.1. The number of morpholine rings is 1. The highest BCUT2D eigenvalue weighted by Gasteiger charge is 2.37. The summed E-state index contributed by atoms with van der Waals surface area (Å²) in [6.07, 6.45) is 2.26. The molecule has 0 bridgehead atoms. The minimum Gasteiger partial charge on any atom is -0.377 e. The smallest absolute Gasteiger partial charge is 0.242 e. The fourth-order valence-electron chi connectivity index (χ4n) is 5.95. The Morgan fingerprint density at radius 2 is 1.58 bits per heavy atom. The van der Waals surface area contributed by atoms with Crippen molar-refractivity contribution < 1.29 is 37.1 Å². The highest BCUT2D eigenvalue weighted by Crippen LogP contribution is 2.32. The molecule has 3 aliphatic heterocycles. The van der Waals surface area contributed by atoms with Crippen LogP contribution >= 0.6 is 0 Å². The number of carbonyl (C=O) groups excluding carboxylic acids is 4. The van der Waals surface area contributed by atoms with Gasteiger partial charge in [-0.15, -0.1) is 0 Å². The largest absolute Gasteiger partial charge is 0.377 e. The Morgan fingerprint density at radius 1 is 0.907 bits per heavy atom. The van der Waals surface area contributed by atoms with Crippen molar-refractivity contribution in [1.82, 2.24) is 20.9 Å². The zero-order valence-electron chi connectivity index (χ0n) is 26.3. The molecule has 3 unspecified atom stereocenters. The van der Waals surface area contributed by atoms with Crippen LogP contribution in [0.2, 0.25) is 0 Å². The molecule has 13 heteroatoms. The van der Waals surface area contributed by atoms with Crippen molar-refractivity contribution in [3.05, 3.63) is 0 Å². The van der Waals surface area contributed by atoms with E-state index in [1.165, 1.54) is 0 Å². The summed E-state index contributed by atoms with van der Waals surface area (Å²) in [5.74, 6) is -0.258. The van der Waals surface area contributed by atoms with Crippen LogP contribution in [0, 0.1) is 23.7 Å². The Bertz CT molecular complexity index is 1060. The number of nitrogens with zero attached hydrogens (tertiary/aromatic N) is 1. The average molecular weight is 629 g/mol. The summed E-state index contributed by atoms with van der Waals surface area (Å²) < 4.78 is 37.5. The number of hydrogen-bond acceptors (Lipinski definition) is 8. The molecular formula is C30H52N4O8S. The van der Waals surface area contributed by atoms with Crippen LogP contribution in [0.3, 0.4) is 0 Å². The molecule has 0 aromatic heterocycles. The van der Waals surface area contributed by atoms with Crippen molar-refractivity contribution in [3.63, 3.8) is 0 Å². The molecule has 4 atom stereocenters. The number of sulfone groups is 1. The van der Waals surface area contributed by atoms with Gasteiger partial charge in [0, 0.05) is 38.9 Å². The van der Waals surface area contributed by atoms with Crippen molar-refractivity contribution in [2.24, 2.45) is 23.7 Å². The van der Waals surface area contributed by atoms with E-state index in [1.54, 1.807) is 4.90 Å². The van der Waals surface area contributed by atoms with E-state index in [1.807, 2.05) is 27.7 Å². The Morgan fingerprint density at radius 3 is 2.21 bits per heavy atom. The molecule has 3 N–H and O–H groups in total. The predicted molar refractivity (Wildman–Crippen MR) is 162 cm³/mol. The van der Waals surface area contributed by atoms with Gasteiger partial charge in [0.2, 0.25) is 23.6 Å². The van der Waals surface area contributed by atoms with Gasteiger partial charge >= 0.3 is 0 Å². The minimum atomic E-state index is -3.36. The lowest BCUT2D eigenvalue weighted by Gasteiger charge is -2.36. The van der Waals surface area contributed by atoms with Gasteiger partial charge in [0.05, 0.1) is 49.5 Å². The van der Waals surface area contributed by atoms with Crippen LogP contribution in [-0.4, -0.2) is 106 Å². The molecule has 0 aromatic carbocycles. The van der Waals surface area contributed by atoms with E-state index in [0.717, 1.165) is 0 Å². The third kappa shape index (κ3) is 12.3. The van der Waals surface area contributed by atoms with Gasteiger partial charge in [0.25, 0.3) is 0 Å². The molecular weight excluding hydrogens is 576 g/mol. The first kappa shape index (κ1) is 35.2. The van der Waals surface area contributed by atoms with Gasteiger partial charge in [0.1, 0.15) is 0 Å². The standard InChI is InChI=1S/C30H52N4O8S/c1-20(2)9-27(35)31-15-22-5-8-43(39,40)26(12-22)13-23(14-29(37)33-24-18-41-19-24)11-25-17-34(6-7-42-25)30(38)16-32-28(36)10-21(3)4/h20-26H,5-19H2,1-4H3,(H,31,35)(H,32,36)(H,33,37)/t22?,23-,25?,26?/m1/s1. The summed E-state index contributed by atoms with van der Waals surface area (Å²) in [6.45, 7) is 10.2. The van der Waals surface area contributed by atoms with Crippen LogP contribution in [0.5, 0.6) is 0 Å². The number of hydrogen-bond donors (Lipinski definition) is 3. The lowest BCUT2D eigenvalue weighted by molar-refractivity contribution is -0.140. The minimum absolute atomic E-state index is 0.0254. The van der Waals surface area contributed by atoms with E-state index >= 15 is 0 Å². The topological polar surface area (TPSA) is 160 Å². The fraction of sp³-hybridized carbons (Fsp3) is 0.867. The summed E-state index contributed by atoms with van der Waals surface area (Å²) in [7, 11) is -3.36. The first-order chi connectivity index (χ1) is 20.3. The van der Waals surface area contributed by atoms with Crippen LogP contribution in [0.1, 0.15) is 72.6 Å². The number of amides is 4. The van der Waals surface area contributed by atoms with E-state index in [4.69, 9.17) is 9.47 Å². The second kappa shape index (κ2) is 16.7. The maximum absolute atomic E-state index is 13.2. The van der Waals surface area contributed by atoms with Gasteiger partial charge in [0.15, 0.2) is 9.84 Å². The maximum atomic E-state index is 13.2. The predicted octanol–water partition coefficient (Wildman–Crippen LogP) is 1.03. The second-order valence-corrected chi connectivity index (χ2v) is 15.7. The van der Waals surface area contributed by atoms with Crippen LogP contribution < -0.4 is 16.0 Å². The molecule has 246 valence electrons. The van der Waals surface area contributed by atoms with Gasteiger partial charge in [-0.25, -0.2) is 8.42 Å². The van der Waals surface area contributed by atoms with Crippen molar-refractivity contribution >= 4 is 33.5 Å². The van der Waals surface area contributed by atoms with E-state index in [9.17, 15) is 27.6 Å². The van der Waals surface area contributed by atoms with Gasteiger partial charge in [-0.1, -0.05) is 27.7 Å². The monoisotopic (exact) mass is 628 g/mol. The van der Waals surface area contributed by atoms with Crippen molar-refractivity contribution in [2.45, 2.75) is 90.0 Å². The van der Waals surface area contributed by atoms with E-state index in [0.29, 0.717) is 78.0 Å². The van der Waals surface area contributed by atoms with Crippen LogP contribution in [0.15, 0.2) is 0 Å². The number of rotatable bonds is 15. The maximum Gasteiger partial charge on any atom is 0.242 e. The van der Waals surface area contributed by atoms with Gasteiger partial charge in [-0.2, -0.15) is 0 Å². The van der Waals surface area contributed by atoms with Gasteiger partial charge < -0.3 is 30.3 Å². The molecule has 3 heterocycles. The molecule has 4 amide bonds. The second-order valence-electron chi connectivity index (χ2n) is 13.3. The molecule has 43 heavy (non-hydrogen) atoms. The molecule has 0 aromatic rings. The van der Waals surface area contributed by atoms with E-state index in [-0.39, 0.29) is 78.2 Å². The van der Waals surface area contributed by atoms with Crippen LogP contribution in [0.25, 0.3) is 0 Å². The van der Waals surface area contributed by atoms with Crippen molar-refractivity contribution in [2.75, 3.05) is 51.8 Å². The number of carbonyl (C=O) groups is 4. The molecule has 0 spiro atoms. The first-order valence-electron chi connectivity index (χ1n) is 15.8. The summed E-state index contributed by atoms with van der Waals surface area (Å²) in [6, 6.07) is -0.0321. The van der Waals surface area contributed by atoms with Gasteiger partial charge in [-0.3, -0.25) is 19.2 Å². The molecule has 3 rings (SSSR count). The Balaban J connectivity index is 1.62. The number of ether oxygens (including phenoxy) is 2. The van der Waals surface area contributed by atoms with Gasteiger partial charge in [-0.05, 0) is 49.4 Å². The summed E-state index contributed by atoms with van der Waals surface area (Å²) in [5.41, 5.74) is 0. The average Bonchev–Trinajstić information content (AvgIpc) is 2.89. The Hall–Kier alpha value is -2.25. The van der Waals surface area contributed by atoms with Crippen molar-refractivity contribution in [1.29, 1.82) is 0 Å². The lowest BCUT2D eigenvalue weighted by Crippen LogP contribution is -2.50. The van der Waals surface area contributed by atoms with Crippen LogP contribution in [0.4, 0.5) is 0 Å². The molecule has 3 saturated heterocycles. The Labute approximate surface area is 256 Å². The third-order valence-corrected chi connectivity index (χ3v) is 10.5. The first-order valence-corrected chi connectivity index (χ1v) is 17.5. The number of nitrogens with one attached hydrogen (secondary N) is 3. The van der Waals surface area contributed by atoms with E-state index in [2.05, 4.69) is 16.0 Å². The van der Waals surface area contributed by atoms with Crippen LogP contribution in [-0.2, 0) is 38.5 Å². The summed E-state index contributed by atoms with van der Waals surface area (Å²) in [4.78, 5) is 51.6. The molecule has 12 nitrogen and oxygen atoms in total. The molecule has 0 saturated carbocycles. The SMILES string of the molecule is CC(C)CC(=O)NCC(=O)N1CCOC(C[C@@H](CC(=O)NC2COC2)CC2CC(CNC(=O)CC(C)C)CCS2(=O)=O)C1. The normalized spacial score (nSPS) is 24.7. The lowest BCUT2D eigenvalue weighted by atomic mass is 9.88. The molecule has 3 fully saturated rings. The molecule has 3 aliphatic rings. The highest BCUT2D eigenvalue weighted by molar-refractivity contribution is 7.92. The van der Waals surface area contributed by atoms with Crippen molar-refractivity contribution in [3.8, 4) is 0 Å². The summed E-state index contributed by atoms with van der Waals surface area (Å²) in [5, 5.41) is 8.00. The zero-order chi connectivity index (χ0) is 31.6. The molecule has 0 aliphatic carbocycles. The fourth-order valence-corrected chi connectivity index (χ4v) is 8.08. The quantitative estimate of drug-likeness (QED) is 0.243. The third-order valence-electron chi connectivity index (χ3n) is 8.29. The Kier molecular flexibility index (Phi) is 13.7. The summed E-state index contributed by atoms with van der Waals surface area (Å²) >= 11 is 0. The highest BCUT2D eigenvalue weighted by atomic mass is 32.2.